The number of fused-ring (bicyclic) bond motifs is 1. The molecule has 0 atom stereocenters. The molecule has 6 heteroatoms. The van der Waals surface area contributed by atoms with E-state index in [1.807, 2.05) is 16.8 Å². The molecule has 2 heterocycles. The highest BCUT2D eigenvalue weighted by atomic mass is 32.1. The summed E-state index contributed by atoms with van der Waals surface area (Å²) in [6.07, 6.45) is 0.959. The average molecular weight is 344 g/mol. The summed E-state index contributed by atoms with van der Waals surface area (Å²) in [5.41, 5.74) is 1.66. The molecule has 0 amide bonds. The molecule has 2 aromatic heterocycles. The maximum atomic E-state index is 11.9. The van der Waals surface area contributed by atoms with Crippen LogP contribution in [0.2, 0.25) is 0 Å². The lowest BCUT2D eigenvalue weighted by Gasteiger charge is -2.08. The molecule has 0 radical (unpaired) electrons. The van der Waals surface area contributed by atoms with Crippen molar-refractivity contribution >= 4 is 28.3 Å². The van der Waals surface area contributed by atoms with Gasteiger partial charge in [0, 0.05) is 29.5 Å². The maximum absolute atomic E-state index is 11.9. The molecule has 3 aromatic rings. The summed E-state index contributed by atoms with van der Waals surface area (Å²) in [5, 5.41) is 4.71. The summed E-state index contributed by atoms with van der Waals surface area (Å²) in [4.78, 5) is 23.6. The molecule has 0 saturated carbocycles. The van der Waals surface area contributed by atoms with Gasteiger partial charge in [-0.25, -0.2) is 4.79 Å². The van der Waals surface area contributed by atoms with Gasteiger partial charge in [0.15, 0.2) is 0 Å². The minimum absolute atomic E-state index is 0.0386. The summed E-state index contributed by atoms with van der Waals surface area (Å²) in [5.74, 6) is 0.298. The van der Waals surface area contributed by atoms with E-state index in [2.05, 4.69) is 0 Å². The third kappa shape index (κ3) is 3.83. The molecule has 3 rings (SSSR count). The number of hydrogen-bond donors (Lipinski definition) is 0. The molecule has 0 aliphatic heterocycles. The highest BCUT2D eigenvalue weighted by molar-refractivity contribution is 7.07. The zero-order valence-corrected chi connectivity index (χ0v) is 13.9. The molecular formula is C18H16O5S. The average Bonchev–Trinajstić information content (AvgIpc) is 3.10. The number of thiophene rings is 1. The fourth-order valence-corrected chi connectivity index (χ4v) is 3.07. The SMILES string of the molecule is COc1ccc2c(COC(=O)CCc3ccsc3)cc(=O)oc2c1. The van der Waals surface area contributed by atoms with Crippen LogP contribution >= 0.6 is 11.3 Å². The summed E-state index contributed by atoms with van der Waals surface area (Å²) < 4.78 is 15.6. The lowest BCUT2D eigenvalue weighted by atomic mass is 10.1. The molecule has 0 aliphatic rings. The molecular weight excluding hydrogens is 328 g/mol. The Labute approximate surface area is 142 Å². The van der Waals surface area contributed by atoms with Crippen LogP contribution in [0.3, 0.4) is 0 Å². The van der Waals surface area contributed by atoms with E-state index in [-0.39, 0.29) is 12.6 Å². The summed E-state index contributed by atoms with van der Waals surface area (Å²) in [6, 6.07) is 8.52. The smallest absolute Gasteiger partial charge is 0.336 e. The molecule has 0 saturated heterocycles. The van der Waals surface area contributed by atoms with Gasteiger partial charge in [-0.3, -0.25) is 4.79 Å². The molecule has 0 fully saturated rings. The van der Waals surface area contributed by atoms with E-state index in [9.17, 15) is 9.59 Å². The van der Waals surface area contributed by atoms with Gasteiger partial charge in [0.1, 0.15) is 17.9 Å². The van der Waals surface area contributed by atoms with Crippen LogP contribution in [0.4, 0.5) is 0 Å². The molecule has 0 aliphatic carbocycles. The van der Waals surface area contributed by atoms with Gasteiger partial charge in [-0.2, -0.15) is 11.3 Å². The van der Waals surface area contributed by atoms with Gasteiger partial charge in [-0.1, -0.05) is 0 Å². The fraction of sp³-hybridized carbons (Fsp3) is 0.222. The molecule has 0 N–H and O–H groups in total. The monoisotopic (exact) mass is 344 g/mol. The number of esters is 1. The van der Waals surface area contributed by atoms with Crippen molar-refractivity contribution in [2.45, 2.75) is 19.4 Å². The highest BCUT2D eigenvalue weighted by Crippen LogP contribution is 2.23. The third-order valence-electron chi connectivity index (χ3n) is 3.62. The number of methoxy groups -OCH3 is 1. The second-order valence-corrected chi connectivity index (χ2v) is 6.03. The van der Waals surface area contributed by atoms with Crippen LogP contribution in [0.5, 0.6) is 5.75 Å². The van der Waals surface area contributed by atoms with Crippen molar-refractivity contribution in [3.8, 4) is 5.75 Å². The Morgan fingerprint density at radius 1 is 1.25 bits per heavy atom. The number of rotatable bonds is 6. The molecule has 124 valence electrons. The van der Waals surface area contributed by atoms with Gasteiger partial charge in [-0.15, -0.1) is 0 Å². The molecule has 1 aromatic carbocycles. The van der Waals surface area contributed by atoms with Crippen LogP contribution in [0.25, 0.3) is 11.0 Å². The van der Waals surface area contributed by atoms with E-state index in [4.69, 9.17) is 13.9 Å². The van der Waals surface area contributed by atoms with E-state index < -0.39 is 5.63 Å². The Bertz CT molecular complexity index is 895. The Hall–Kier alpha value is -2.60. The first-order valence-electron chi connectivity index (χ1n) is 7.43. The maximum Gasteiger partial charge on any atom is 0.336 e. The fourth-order valence-electron chi connectivity index (χ4n) is 2.37. The predicted octanol–water partition coefficient (Wildman–Crippen LogP) is 3.54. The first-order valence-corrected chi connectivity index (χ1v) is 8.37. The predicted molar refractivity (Wildman–Crippen MR) is 91.5 cm³/mol. The minimum atomic E-state index is -0.486. The minimum Gasteiger partial charge on any atom is -0.497 e. The standard InChI is InChI=1S/C18H16O5S/c1-21-14-3-4-15-13(8-18(20)23-16(15)9-14)10-22-17(19)5-2-12-6-7-24-11-12/h3-4,6-9,11H,2,5,10H2,1H3. The van der Waals surface area contributed by atoms with Gasteiger partial charge >= 0.3 is 11.6 Å². The number of ether oxygens (including phenoxy) is 2. The number of carbonyl (C=O) groups is 1. The number of hydrogen-bond acceptors (Lipinski definition) is 6. The van der Waals surface area contributed by atoms with Gasteiger partial charge in [0.2, 0.25) is 0 Å². The Kier molecular flexibility index (Phi) is 4.96. The zero-order chi connectivity index (χ0) is 16.9. The van der Waals surface area contributed by atoms with Crippen LogP contribution in [-0.4, -0.2) is 13.1 Å². The second-order valence-electron chi connectivity index (χ2n) is 5.25. The Morgan fingerprint density at radius 3 is 2.88 bits per heavy atom. The molecule has 0 bridgehead atoms. The Balaban J connectivity index is 1.70. The van der Waals surface area contributed by atoms with E-state index in [0.29, 0.717) is 29.7 Å². The first-order chi connectivity index (χ1) is 11.7. The summed E-state index contributed by atoms with van der Waals surface area (Å²) in [6.45, 7) is 0.0386. The van der Waals surface area contributed by atoms with Crippen molar-refractivity contribution in [2.24, 2.45) is 0 Å². The zero-order valence-electron chi connectivity index (χ0n) is 13.1. The topological polar surface area (TPSA) is 65.7 Å². The lowest BCUT2D eigenvalue weighted by molar-refractivity contribution is -0.144. The van der Waals surface area contributed by atoms with Gasteiger partial charge in [0.05, 0.1) is 7.11 Å². The van der Waals surface area contributed by atoms with Crippen molar-refractivity contribution < 1.29 is 18.7 Å². The molecule has 0 spiro atoms. The van der Waals surface area contributed by atoms with Crippen molar-refractivity contribution in [1.82, 2.24) is 0 Å². The van der Waals surface area contributed by atoms with Crippen LogP contribution < -0.4 is 10.4 Å². The van der Waals surface area contributed by atoms with E-state index in [0.717, 1.165) is 10.9 Å². The van der Waals surface area contributed by atoms with Gasteiger partial charge in [-0.05, 0) is 40.9 Å². The number of aryl methyl sites for hydroxylation is 1. The van der Waals surface area contributed by atoms with E-state index in [1.54, 1.807) is 36.6 Å². The quantitative estimate of drug-likeness (QED) is 0.505. The summed E-state index contributed by atoms with van der Waals surface area (Å²) in [7, 11) is 1.54. The van der Waals surface area contributed by atoms with Crippen molar-refractivity contribution in [2.75, 3.05) is 7.11 Å². The van der Waals surface area contributed by atoms with Crippen molar-refractivity contribution in [1.29, 1.82) is 0 Å². The van der Waals surface area contributed by atoms with E-state index >= 15 is 0 Å². The van der Waals surface area contributed by atoms with Crippen LogP contribution in [0.1, 0.15) is 17.5 Å². The second kappa shape index (κ2) is 7.31. The summed E-state index contributed by atoms with van der Waals surface area (Å²) >= 11 is 1.60. The van der Waals surface area contributed by atoms with Crippen LogP contribution in [0.15, 0.2) is 50.3 Å². The van der Waals surface area contributed by atoms with Crippen LogP contribution in [0, 0.1) is 0 Å². The normalized spacial score (nSPS) is 10.7. The van der Waals surface area contributed by atoms with Gasteiger partial charge in [0.25, 0.3) is 0 Å². The van der Waals surface area contributed by atoms with Crippen molar-refractivity contribution in [3.05, 3.63) is 62.6 Å². The molecule has 0 unspecified atom stereocenters. The largest absolute Gasteiger partial charge is 0.497 e. The first kappa shape index (κ1) is 16.3. The van der Waals surface area contributed by atoms with Crippen molar-refractivity contribution in [3.63, 3.8) is 0 Å². The van der Waals surface area contributed by atoms with E-state index in [1.165, 1.54) is 6.07 Å². The number of benzene rings is 1. The Morgan fingerprint density at radius 2 is 2.12 bits per heavy atom. The third-order valence-corrected chi connectivity index (χ3v) is 4.36. The van der Waals surface area contributed by atoms with Crippen LogP contribution in [-0.2, 0) is 22.6 Å². The molecule has 24 heavy (non-hydrogen) atoms. The van der Waals surface area contributed by atoms with Gasteiger partial charge < -0.3 is 13.9 Å². The highest BCUT2D eigenvalue weighted by Gasteiger charge is 2.10. The number of carbonyl (C=O) groups excluding carboxylic acids is 1. The molecule has 5 nitrogen and oxygen atoms in total. The lowest BCUT2D eigenvalue weighted by Crippen LogP contribution is -2.08.